The number of allylic oxidation sites excluding steroid dienone is 1. The number of hydrogen-bond donors (Lipinski definition) is 1. The lowest BCUT2D eigenvalue weighted by molar-refractivity contribution is -0.0262. The van der Waals surface area contributed by atoms with Crippen LogP contribution in [0.4, 0.5) is 0 Å². The van der Waals surface area contributed by atoms with E-state index in [4.69, 9.17) is 11.6 Å². The highest BCUT2D eigenvalue weighted by Gasteiger charge is 2.23. The molecule has 1 N–H and O–H groups in total. The number of rotatable bonds is 6. The number of nitrogens with one attached hydrogen (secondary N) is 1. The Morgan fingerprint density at radius 2 is 2.14 bits per heavy atom. The molecule has 0 aromatic carbocycles. The Bertz CT molecular complexity index is 520. The van der Waals surface area contributed by atoms with Crippen LogP contribution in [0.15, 0.2) is 29.5 Å². The minimum Gasteiger partial charge on any atom is -0.314 e. The molecule has 1 aromatic heterocycles. The highest BCUT2D eigenvalue weighted by Crippen LogP contribution is 2.17. The summed E-state index contributed by atoms with van der Waals surface area (Å²) in [5, 5.41) is 12.8. The molecule has 1 unspecified atom stereocenters. The van der Waals surface area contributed by atoms with E-state index in [1.807, 2.05) is 29.2 Å². The zero-order chi connectivity index (χ0) is 15.2. The van der Waals surface area contributed by atoms with Crippen LogP contribution in [0.1, 0.15) is 19.3 Å². The van der Waals surface area contributed by atoms with E-state index < -0.39 is 0 Å². The van der Waals surface area contributed by atoms with Gasteiger partial charge in [0.2, 0.25) is 0 Å². The second-order valence-electron chi connectivity index (χ2n) is 5.60. The van der Waals surface area contributed by atoms with Crippen molar-refractivity contribution in [2.45, 2.75) is 32.0 Å². The Labute approximate surface area is 136 Å². The SMILES string of the molecule is Clc1ccn(CCCCC2N=CC=CN2N2CCNCC2)n1. The summed E-state index contributed by atoms with van der Waals surface area (Å²) in [6.45, 7) is 5.08. The Balaban J connectivity index is 1.45. The third-order valence-corrected chi connectivity index (χ3v) is 4.22. The fraction of sp³-hybridized carbons (Fsp3) is 0.600. The van der Waals surface area contributed by atoms with E-state index in [1.54, 1.807) is 0 Å². The molecule has 0 spiro atoms. The molecule has 1 saturated heterocycles. The van der Waals surface area contributed by atoms with Gasteiger partial charge in [0.15, 0.2) is 5.15 Å². The minimum absolute atomic E-state index is 0.226. The van der Waals surface area contributed by atoms with Gasteiger partial charge in [-0.25, -0.2) is 5.01 Å². The number of aliphatic imine (C=N–C) groups is 1. The van der Waals surface area contributed by atoms with Gasteiger partial charge in [0.1, 0.15) is 6.17 Å². The van der Waals surface area contributed by atoms with Crippen molar-refractivity contribution < 1.29 is 0 Å². The largest absolute Gasteiger partial charge is 0.314 e. The lowest BCUT2D eigenvalue weighted by atomic mass is 10.2. The summed E-state index contributed by atoms with van der Waals surface area (Å²) in [5.41, 5.74) is 0. The van der Waals surface area contributed by atoms with Gasteiger partial charge in [-0.15, -0.1) is 0 Å². The number of unbranched alkanes of at least 4 members (excludes halogenated alkanes) is 1. The van der Waals surface area contributed by atoms with Crippen LogP contribution < -0.4 is 5.32 Å². The van der Waals surface area contributed by atoms with E-state index in [0.717, 1.165) is 52.0 Å². The van der Waals surface area contributed by atoms with Crippen LogP contribution in [0.25, 0.3) is 0 Å². The molecule has 1 atom stereocenters. The molecular formula is C15H23ClN6. The summed E-state index contributed by atoms with van der Waals surface area (Å²) < 4.78 is 1.90. The van der Waals surface area contributed by atoms with Crippen LogP contribution in [-0.4, -0.2) is 58.4 Å². The number of hydrogen-bond acceptors (Lipinski definition) is 5. The van der Waals surface area contributed by atoms with Gasteiger partial charge < -0.3 is 5.32 Å². The molecule has 2 aliphatic heterocycles. The number of halogens is 1. The van der Waals surface area contributed by atoms with E-state index in [1.165, 1.54) is 0 Å². The van der Waals surface area contributed by atoms with Gasteiger partial charge in [-0.3, -0.25) is 14.7 Å². The molecule has 0 saturated carbocycles. The van der Waals surface area contributed by atoms with E-state index in [0.29, 0.717) is 5.15 Å². The number of nitrogens with zero attached hydrogens (tertiary/aromatic N) is 5. The normalized spacial score (nSPS) is 22.4. The van der Waals surface area contributed by atoms with E-state index >= 15 is 0 Å². The van der Waals surface area contributed by atoms with Crippen LogP contribution in [0.3, 0.4) is 0 Å². The van der Waals surface area contributed by atoms with Gasteiger partial charge in [-0.2, -0.15) is 5.10 Å². The first-order chi connectivity index (χ1) is 10.8. The molecule has 7 heteroatoms. The molecule has 0 aliphatic carbocycles. The molecule has 0 radical (unpaired) electrons. The van der Waals surface area contributed by atoms with Crippen molar-refractivity contribution in [2.24, 2.45) is 4.99 Å². The molecule has 1 fully saturated rings. The monoisotopic (exact) mass is 322 g/mol. The first-order valence-corrected chi connectivity index (χ1v) is 8.33. The Kier molecular flexibility index (Phi) is 5.48. The Morgan fingerprint density at radius 1 is 1.27 bits per heavy atom. The summed E-state index contributed by atoms with van der Waals surface area (Å²) >= 11 is 5.82. The first-order valence-electron chi connectivity index (χ1n) is 7.96. The van der Waals surface area contributed by atoms with Crippen molar-refractivity contribution in [3.63, 3.8) is 0 Å². The topological polar surface area (TPSA) is 48.7 Å². The van der Waals surface area contributed by atoms with Crippen molar-refractivity contribution in [3.05, 3.63) is 29.7 Å². The van der Waals surface area contributed by atoms with Crippen LogP contribution in [-0.2, 0) is 6.54 Å². The molecule has 3 heterocycles. The quantitative estimate of drug-likeness (QED) is 0.811. The van der Waals surface area contributed by atoms with Gasteiger partial charge in [0, 0.05) is 51.3 Å². The van der Waals surface area contributed by atoms with Crippen molar-refractivity contribution in [1.29, 1.82) is 0 Å². The van der Waals surface area contributed by atoms with Crippen LogP contribution in [0.2, 0.25) is 5.15 Å². The smallest absolute Gasteiger partial charge is 0.151 e. The highest BCUT2D eigenvalue weighted by molar-refractivity contribution is 6.29. The van der Waals surface area contributed by atoms with E-state index in [2.05, 4.69) is 31.6 Å². The van der Waals surface area contributed by atoms with Crippen molar-refractivity contribution >= 4 is 17.8 Å². The van der Waals surface area contributed by atoms with Gasteiger partial charge in [-0.1, -0.05) is 11.6 Å². The van der Waals surface area contributed by atoms with Gasteiger partial charge in [0.05, 0.1) is 0 Å². The average Bonchev–Trinajstić information content (AvgIpc) is 2.98. The molecule has 120 valence electrons. The summed E-state index contributed by atoms with van der Waals surface area (Å²) in [5.74, 6) is 0. The lowest BCUT2D eigenvalue weighted by Gasteiger charge is -2.41. The Morgan fingerprint density at radius 3 is 2.91 bits per heavy atom. The maximum absolute atomic E-state index is 5.82. The number of piperazine rings is 1. The van der Waals surface area contributed by atoms with Crippen LogP contribution in [0.5, 0.6) is 0 Å². The standard InChI is InChI=1S/C15H23ClN6/c16-14-5-11-20(19-14)9-2-1-4-15-18-6-3-10-22(15)21-12-7-17-8-13-21/h3,5-6,10-11,15,17H,1-2,4,7-9,12-13H2. The zero-order valence-corrected chi connectivity index (χ0v) is 13.5. The summed E-state index contributed by atoms with van der Waals surface area (Å²) in [6.07, 6.45) is 11.5. The second-order valence-corrected chi connectivity index (χ2v) is 5.99. The molecule has 3 rings (SSSR count). The minimum atomic E-state index is 0.226. The summed E-state index contributed by atoms with van der Waals surface area (Å²) in [7, 11) is 0. The fourth-order valence-corrected chi connectivity index (χ4v) is 3.03. The van der Waals surface area contributed by atoms with E-state index in [-0.39, 0.29) is 6.17 Å². The van der Waals surface area contributed by atoms with Gasteiger partial charge >= 0.3 is 0 Å². The summed E-state index contributed by atoms with van der Waals surface area (Å²) in [6, 6.07) is 1.82. The average molecular weight is 323 g/mol. The number of aryl methyl sites for hydroxylation is 1. The lowest BCUT2D eigenvalue weighted by Crippen LogP contribution is -2.53. The Hall–Kier alpha value is -1.37. The van der Waals surface area contributed by atoms with Crippen LogP contribution in [0, 0.1) is 0 Å². The molecular weight excluding hydrogens is 300 g/mol. The predicted molar refractivity (Wildman–Crippen MR) is 88.8 cm³/mol. The molecule has 0 amide bonds. The molecule has 6 nitrogen and oxygen atoms in total. The molecule has 2 aliphatic rings. The van der Waals surface area contributed by atoms with Gasteiger partial charge in [-0.05, 0) is 31.4 Å². The molecule has 0 bridgehead atoms. The zero-order valence-electron chi connectivity index (χ0n) is 12.7. The third kappa shape index (κ3) is 4.09. The number of hydrazine groups is 1. The predicted octanol–water partition coefficient (Wildman–Crippen LogP) is 1.75. The van der Waals surface area contributed by atoms with Crippen LogP contribution >= 0.6 is 11.6 Å². The molecule has 1 aromatic rings. The van der Waals surface area contributed by atoms with Crippen molar-refractivity contribution in [2.75, 3.05) is 26.2 Å². The van der Waals surface area contributed by atoms with Gasteiger partial charge in [0.25, 0.3) is 0 Å². The summed E-state index contributed by atoms with van der Waals surface area (Å²) in [4.78, 5) is 4.64. The van der Waals surface area contributed by atoms with Crippen molar-refractivity contribution in [1.82, 2.24) is 25.1 Å². The highest BCUT2D eigenvalue weighted by atomic mass is 35.5. The fourth-order valence-electron chi connectivity index (χ4n) is 2.88. The first kappa shape index (κ1) is 15.5. The molecule has 22 heavy (non-hydrogen) atoms. The van der Waals surface area contributed by atoms with Crippen molar-refractivity contribution in [3.8, 4) is 0 Å². The second kappa shape index (κ2) is 7.76. The number of aromatic nitrogens is 2. The maximum Gasteiger partial charge on any atom is 0.151 e. The third-order valence-electron chi connectivity index (χ3n) is 4.02. The van der Waals surface area contributed by atoms with E-state index in [9.17, 15) is 0 Å². The maximum atomic E-state index is 5.82.